The molecular formula is C21H27ClN4O5. The number of carbonyl (C=O) groups is 3. The molecule has 0 N–H and O–H groups in total. The smallest absolute Gasteiger partial charge is 0.378 e. The van der Waals surface area contributed by atoms with Crippen molar-refractivity contribution in [2.24, 2.45) is 0 Å². The van der Waals surface area contributed by atoms with E-state index in [2.05, 4.69) is 21.9 Å². The molecule has 0 aromatic heterocycles. The first-order valence-corrected chi connectivity index (χ1v) is 11.0. The first kappa shape index (κ1) is 21.9. The van der Waals surface area contributed by atoms with Crippen molar-refractivity contribution in [2.45, 2.75) is 32.4 Å². The van der Waals surface area contributed by atoms with Crippen LogP contribution in [0, 0.1) is 0 Å². The van der Waals surface area contributed by atoms with Gasteiger partial charge in [-0.3, -0.25) is 14.5 Å². The molecule has 0 aliphatic carbocycles. The summed E-state index contributed by atoms with van der Waals surface area (Å²) >= 11 is 6.57. The Hall–Kier alpha value is -2.36. The number of ether oxygens (including phenoxy) is 1. The highest BCUT2D eigenvalue weighted by Crippen LogP contribution is 2.26. The van der Waals surface area contributed by atoms with Gasteiger partial charge < -0.3 is 19.4 Å². The summed E-state index contributed by atoms with van der Waals surface area (Å²) in [5, 5.41) is 1.32. The molecule has 0 spiro atoms. The van der Waals surface area contributed by atoms with Crippen LogP contribution in [0.25, 0.3) is 0 Å². The number of carbonyl (C=O) groups excluding carboxylic acids is 3. The number of imide groups is 1. The van der Waals surface area contributed by atoms with E-state index < -0.39 is 17.9 Å². The predicted octanol–water partition coefficient (Wildman–Crippen LogP) is 1.88. The van der Waals surface area contributed by atoms with Crippen LogP contribution < -0.4 is 4.90 Å². The minimum Gasteiger partial charge on any atom is -0.378 e. The molecule has 1 atom stereocenters. The Bertz CT molecular complexity index is 844. The average Bonchev–Trinajstić information content (AvgIpc) is 3.08. The summed E-state index contributed by atoms with van der Waals surface area (Å²) in [6.45, 7) is 7.50. The molecule has 1 aromatic carbocycles. The summed E-state index contributed by atoms with van der Waals surface area (Å²) in [6.07, 6.45) is -0.496. The first-order valence-electron chi connectivity index (χ1n) is 10.6. The fraction of sp³-hybridized carbons (Fsp3) is 0.571. The van der Waals surface area contributed by atoms with Gasteiger partial charge in [-0.25, -0.2) is 4.79 Å². The highest BCUT2D eigenvalue weighted by atomic mass is 35.5. The van der Waals surface area contributed by atoms with Crippen LogP contribution in [-0.2, 0) is 25.7 Å². The monoisotopic (exact) mass is 450 g/mol. The van der Waals surface area contributed by atoms with Gasteiger partial charge in [-0.2, -0.15) is 0 Å². The Balaban J connectivity index is 1.32. The molecule has 0 bridgehead atoms. The summed E-state index contributed by atoms with van der Waals surface area (Å²) < 4.78 is 5.40. The van der Waals surface area contributed by atoms with Crippen molar-refractivity contribution in [1.29, 1.82) is 0 Å². The zero-order chi connectivity index (χ0) is 22.0. The van der Waals surface area contributed by atoms with E-state index in [0.29, 0.717) is 31.2 Å². The second kappa shape index (κ2) is 9.42. The quantitative estimate of drug-likeness (QED) is 0.648. The van der Waals surface area contributed by atoms with Gasteiger partial charge >= 0.3 is 6.09 Å². The molecule has 31 heavy (non-hydrogen) atoms. The Morgan fingerprint density at radius 3 is 2.48 bits per heavy atom. The van der Waals surface area contributed by atoms with Gasteiger partial charge in [-0.05, 0) is 24.6 Å². The van der Waals surface area contributed by atoms with E-state index in [1.165, 1.54) is 0 Å². The molecule has 3 amide bonds. The van der Waals surface area contributed by atoms with Gasteiger partial charge in [-0.15, -0.1) is 5.06 Å². The van der Waals surface area contributed by atoms with Gasteiger partial charge in [0.15, 0.2) is 0 Å². The first-order chi connectivity index (χ1) is 14.9. The molecule has 1 aromatic rings. The van der Waals surface area contributed by atoms with Crippen molar-refractivity contribution in [1.82, 2.24) is 14.9 Å². The van der Waals surface area contributed by atoms with Crippen LogP contribution in [0.2, 0.25) is 5.02 Å². The lowest BCUT2D eigenvalue weighted by Gasteiger charge is -2.39. The van der Waals surface area contributed by atoms with Crippen LogP contribution >= 0.6 is 11.6 Å². The van der Waals surface area contributed by atoms with Crippen LogP contribution in [0.3, 0.4) is 0 Å². The normalized spacial score (nSPS) is 22.9. The third kappa shape index (κ3) is 4.94. The minimum absolute atomic E-state index is 0.0839. The maximum Gasteiger partial charge on any atom is 0.435 e. The zero-order valence-corrected chi connectivity index (χ0v) is 18.3. The van der Waals surface area contributed by atoms with E-state index in [-0.39, 0.29) is 18.9 Å². The Labute approximate surface area is 186 Å². The molecule has 0 radical (unpaired) electrons. The summed E-state index contributed by atoms with van der Waals surface area (Å²) in [6, 6.07) is 6.03. The number of nitrogens with zero attached hydrogens (tertiary/aromatic N) is 4. The Morgan fingerprint density at radius 2 is 1.84 bits per heavy atom. The fourth-order valence-corrected chi connectivity index (χ4v) is 4.39. The summed E-state index contributed by atoms with van der Waals surface area (Å²) in [5.74, 6) is -0.945. The third-order valence-electron chi connectivity index (χ3n) is 5.93. The molecule has 168 valence electrons. The van der Waals surface area contributed by atoms with E-state index in [9.17, 15) is 14.4 Å². The van der Waals surface area contributed by atoms with Crippen molar-refractivity contribution < 1.29 is 24.0 Å². The van der Waals surface area contributed by atoms with E-state index in [4.69, 9.17) is 21.2 Å². The molecular weight excluding hydrogens is 424 g/mol. The molecule has 9 nitrogen and oxygen atoms in total. The number of hydroxylamine groups is 2. The Morgan fingerprint density at radius 1 is 1.13 bits per heavy atom. The maximum absolute atomic E-state index is 12.5. The van der Waals surface area contributed by atoms with Gasteiger partial charge in [0.2, 0.25) is 0 Å². The van der Waals surface area contributed by atoms with Gasteiger partial charge in [-0.1, -0.05) is 17.7 Å². The molecule has 4 rings (SSSR count). The minimum atomic E-state index is -0.663. The lowest BCUT2D eigenvalue weighted by atomic mass is 10.1. The van der Waals surface area contributed by atoms with Crippen molar-refractivity contribution in [3.8, 4) is 0 Å². The van der Waals surface area contributed by atoms with Gasteiger partial charge in [0, 0.05) is 68.9 Å². The lowest BCUT2D eigenvalue weighted by molar-refractivity contribution is -0.174. The lowest BCUT2D eigenvalue weighted by Crippen LogP contribution is -2.54. The van der Waals surface area contributed by atoms with E-state index in [1.807, 2.05) is 13.0 Å². The standard InChI is InChI=1S/C21H27ClN4O5/c1-15-13-23(6-7-25(15)21(29)31-26-19(27)4-5-20(26)28)14-16-2-3-17(12-18(16)22)24-8-10-30-11-9-24/h2-3,12,15H,4-11,13-14H2,1H3/t15-/m1/s1. The predicted molar refractivity (Wildman–Crippen MR) is 113 cm³/mol. The van der Waals surface area contributed by atoms with E-state index in [0.717, 1.165) is 42.6 Å². The molecule has 3 heterocycles. The van der Waals surface area contributed by atoms with Crippen molar-refractivity contribution in [2.75, 3.05) is 50.8 Å². The number of anilines is 1. The molecule has 3 aliphatic heterocycles. The highest BCUT2D eigenvalue weighted by molar-refractivity contribution is 6.31. The SMILES string of the molecule is C[C@@H]1CN(Cc2ccc(N3CCOCC3)cc2Cl)CCN1C(=O)ON1C(=O)CCC1=O. The Kier molecular flexibility index (Phi) is 6.64. The number of benzene rings is 1. The van der Waals surface area contributed by atoms with Gasteiger partial charge in [0.1, 0.15) is 0 Å². The van der Waals surface area contributed by atoms with Gasteiger partial charge in [0.25, 0.3) is 11.8 Å². The van der Waals surface area contributed by atoms with Crippen molar-refractivity contribution in [3.05, 3.63) is 28.8 Å². The molecule has 10 heteroatoms. The van der Waals surface area contributed by atoms with Crippen molar-refractivity contribution in [3.63, 3.8) is 0 Å². The highest BCUT2D eigenvalue weighted by Gasteiger charge is 2.36. The number of amides is 3. The molecule has 0 saturated carbocycles. The number of hydrogen-bond acceptors (Lipinski definition) is 7. The number of rotatable bonds is 4. The molecule has 3 saturated heterocycles. The average molecular weight is 451 g/mol. The number of hydrogen-bond donors (Lipinski definition) is 0. The molecule has 3 aliphatic rings. The summed E-state index contributed by atoms with van der Waals surface area (Å²) in [7, 11) is 0. The largest absolute Gasteiger partial charge is 0.435 e. The van der Waals surface area contributed by atoms with Crippen LogP contribution in [0.5, 0.6) is 0 Å². The second-order valence-electron chi connectivity index (χ2n) is 8.09. The molecule has 0 unspecified atom stereocenters. The third-order valence-corrected chi connectivity index (χ3v) is 6.28. The number of piperazine rings is 1. The number of halogens is 1. The zero-order valence-electron chi connectivity index (χ0n) is 17.6. The summed E-state index contributed by atoms with van der Waals surface area (Å²) in [5.41, 5.74) is 2.14. The summed E-state index contributed by atoms with van der Waals surface area (Å²) in [4.78, 5) is 46.9. The number of morpholine rings is 1. The van der Waals surface area contributed by atoms with Crippen LogP contribution in [0.4, 0.5) is 10.5 Å². The molecule has 3 fully saturated rings. The topological polar surface area (TPSA) is 82.6 Å². The van der Waals surface area contributed by atoms with Crippen LogP contribution in [0.1, 0.15) is 25.3 Å². The fourth-order valence-electron chi connectivity index (χ4n) is 4.16. The van der Waals surface area contributed by atoms with Crippen LogP contribution in [0.15, 0.2) is 18.2 Å². The van der Waals surface area contributed by atoms with Gasteiger partial charge in [0.05, 0.1) is 13.2 Å². The maximum atomic E-state index is 12.5. The second-order valence-corrected chi connectivity index (χ2v) is 8.50. The van der Waals surface area contributed by atoms with E-state index >= 15 is 0 Å². The van der Waals surface area contributed by atoms with Crippen LogP contribution in [-0.4, -0.2) is 84.8 Å². The van der Waals surface area contributed by atoms with E-state index in [1.54, 1.807) is 4.90 Å². The van der Waals surface area contributed by atoms with Crippen molar-refractivity contribution >= 4 is 35.2 Å².